The maximum absolute atomic E-state index is 6.29. The minimum Gasteiger partial charge on any atom is -0.496 e. The maximum Gasteiger partial charge on any atom is 0.126 e. The van der Waals surface area contributed by atoms with Crippen molar-refractivity contribution in [1.82, 2.24) is 0 Å². The van der Waals surface area contributed by atoms with Crippen molar-refractivity contribution < 1.29 is 9.47 Å². The first kappa shape index (κ1) is 15.4. The van der Waals surface area contributed by atoms with Crippen LogP contribution in [0.25, 0.3) is 0 Å². The van der Waals surface area contributed by atoms with E-state index in [2.05, 4.69) is 19.9 Å². The molecular formula is C18H23NO2. The summed E-state index contributed by atoms with van der Waals surface area (Å²) >= 11 is 0. The summed E-state index contributed by atoms with van der Waals surface area (Å²) in [4.78, 5) is 0. The molecule has 0 bridgehead atoms. The van der Waals surface area contributed by atoms with E-state index in [1.807, 2.05) is 36.4 Å². The lowest BCUT2D eigenvalue weighted by atomic mass is 9.98. The average molecular weight is 285 g/mol. The molecule has 2 aromatic rings. The molecular weight excluding hydrogens is 262 g/mol. The van der Waals surface area contributed by atoms with Crippen molar-refractivity contribution in [3.05, 3.63) is 59.2 Å². The van der Waals surface area contributed by atoms with Crippen molar-refractivity contribution in [2.45, 2.75) is 26.3 Å². The molecule has 0 radical (unpaired) electrons. The summed E-state index contributed by atoms with van der Waals surface area (Å²) in [6, 6.07) is 13.8. The molecule has 1 unspecified atom stereocenters. The summed E-state index contributed by atoms with van der Waals surface area (Å²) in [6.45, 7) is 4.72. The Bertz CT molecular complexity index is 581. The van der Waals surface area contributed by atoms with E-state index in [0.29, 0.717) is 6.61 Å². The monoisotopic (exact) mass is 285 g/mol. The van der Waals surface area contributed by atoms with E-state index >= 15 is 0 Å². The van der Waals surface area contributed by atoms with Gasteiger partial charge in [-0.15, -0.1) is 0 Å². The Morgan fingerprint density at radius 3 is 2.43 bits per heavy atom. The van der Waals surface area contributed by atoms with E-state index in [1.54, 1.807) is 7.11 Å². The minimum atomic E-state index is -0.0945. The number of aryl methyl sites for hydroxylation is 1. The zero-order valence-corrected chi connectivity index (χ0v) is 12.9. The highest BCUT2D eigenvalue weighted by Gasteiger charge is 2.15. The first-order valence-corrected chi connectivity index (χ1v) is 7.21. The van der Waals surface area contributed by atoms with Crippen LogP contribution in [0.2, 0.25) is 0 Å². The van der Waals surface area contributed by atoms with Crippen molar-refractivity contribution >= 4 is 0 Å². The molecule has 0 aromatic heterocycles. The van der Waals surface area contributed by atoms with Gasteiger partial charge in [0, 0.05) is 18.0 Å². The number of methoxy groups -OCH3 is 1. The van der Waals surface area contributed by atoms with Crippen molar-refractivity contribution in [3.63, 3.8) is 0 Å². The van der Waals surface area contributed by atoms with Crippen molar-refractivity contribution in [2.24, 2.45) is 5.73 Å². The highest BCUT2D eigenvalue weighted by molar-refractivity contribution is 5.46. The Balaban J connectivity index is 2.00. The van der Waals surface area contributed by atoms with Gasteiger partial charge >= 0.3 is 0 Å². The smallest absolute Gasteiger partial charge is 0.126 e. The van der Waals surface area contributed by atoms with Crippen LogP contribution in [0.15, 0.2) is 42.5 Å². The van der Waals surface area contributed by atoms with Gasteiger partial charge in [-0.1, -0.05) is 30.3 Å². The lowest BCUT2D eigenvalue weighted by Gasteiger charge is -2.19. The summed E-state index contributed by atoms with van der Waals surface area (Å²) in [7, 11) is 1.69. The first-order chi connectivity index (χ1) is 10.1. The molecule has 0 heterocycles. The largest absolute Gasteiger partial charge is 0.496 e. The number of hydrogen-bond donors (Lipinski definition) is 1. The van der Waals surface area contributed by atoms with E-state index in [-0.39, 0.29) is 6.04 Å². The Kier molecular flexibility index (Phi) is 5.23. The molecule has 0 aliphatic heterocycles. The van der Waals surface area contributed by atoms with Crippen molar-refractivity contribution in [3.8, 4) is 11.5 Å². The molecule has 0 aliphatic rings. The second-order valence-electron chi connectivity index (χ2n) is 5.19. The van der Waals surface area contributed by atoms with Gasteiger partial charge in [0.1, 0.15) is 11.5 Å². The molecule has 2 aromatic carbocycles. The lowest BCUT2D eigenvalue weighted by Crippen LogP contribution is -2.16. The summed E-state index contributed by atoms with van der Waals surface area (Å²) in [6.07, 6.45) is 0.744. The first-order valence-electron chi connectivity index (χ1n) is 7.21. The van der Waals surface area contributed by atoms with Gasteiger partial charge in [0.2, 0.25) is 0 Å². The fourth-order valence-electron chi connectivity index (χ4n) is 2.35. The fourth-order valence-corrected chi connectivity index (χ4v) is 2.35. The van der Waals surface area contributed by atoms with E-state index in [0.717, 1.165) is 29.0 Å². The molecule has 0 saturated heterocycles. The van der Waals surface area contributed by atoms with Gasteiger partial charge in [0.25, 0.3) is 0 Å². The molecule has 0 amide bonds. The minimum absolute atomic E-state index is 0.0945. The topological polar surface area (TPSA) is 44.5 Å². The molecule has 0 aliphatic carbocycles. The Labute approximate surface area is 126 Å². The van der Waals surface area contributed by atoms with Gasteiger partial charge in [-0.25, -0.2) is 0 Å². The summed E-state index contributed by atoms with van der Waals surface area (Å²) in [5.74, 6) is 1.76. The van der Waals surface area contributed by atoms with Crippen molar-refractivity contribution in [1.29, 1.82) is 0 Å². The van der Waals surface area contributed by atoms with Gasteiger partial charge < -0.3 is 15.2 Å². The van der Waals surface area contributed by atoms with E-state index in [9.17, 15) is 0 Å². The molecule has 3 nitrogen and oxygen atoms in total. The normalized spacial score (nSPS) is 12.0. The van der Waals surface area contributed by atoms with Crippen LogP contribution in [0, 0.1) is 13.8 Å². The van der Waals surface area contributed by atoms with Crippen LogP contribution < -0.4 is 15.2 Å². The summed E-state index contributed by atoms with van der Waals surface area (Å²) in [5, 5.41) is 0. The molecule has 0 spiro atoms. The number of rotatable bonds is 6. The number of para-hydroxylation sites is 1. The average Bonchev–Trinajstić information content (AvgIpc) is 2.50. The van der Waals surface area contributed by atoms with Crippen LogP contribution in [-0.4, -0.2) is 13.7 Å². The van der Waals surface area contributed by atoms with E-state index in [4.69, 9.17) is 15.2 Å². The van der Waals surface area contributed by atoms with Gasteiger partial charge in [-0.05, 0) is 37.1 Å². The third kappa shape index (κ3) is 3.76. The van der Waals surface area contributed by atoms with Crippen LogP contribution >= 0.6 is 0 Å². The molecule has 0 fully saturated rings. The van der Waals surface area contributed by atoms with Gasteiger partial charge in [-0.2, -0.15) is 0 Å². The molecule has 3 heteroatoms. The quantitative estimate of drug-likeness (QED) is 0.878. The molecule has 1 atom stereocenters. The fraction of sp³-hybridized carbons (Fsp3) is 0.333. The van der Waals surface area contributed by atoms with E-state index in [1.165, 1.54) is 5.56 Å². The predicted octanol–water partition coefficient (Wildman–Crippen LogP) is 3.78. The van der Waals surface area contributed by atoms with E-state index < -0.39 is 0 Å². The van der Waals surface area contributed by atoms with Gasteiger partial charge in [0.05, 0.1) is 13.7 Å². The van der Waals surface area contributed by atoms with Crippen molar-refractivity contribution in [2.75, 3.05) is 13.7 Å². The molecule has 2 N–H and O–H groups in total. The molecule has 2 rings (SSSR count). The van der Waals surface area contributed by atoms with Crippen LogP contribution in [0.1, 0.15) is 29.2 Å². The number of ether oxygens (including phenoxy) is 2. The zero-order valence-electron chi connectivity index (χ0n) is 12.9. The third-order valence-corrected chi connectivity index (χ3v) is 3.75. The summed E-state index contributed by atoms with van der Waals surface area (Å²) < 4.78 is 11.2. The standard InChI is InChI=1S/C18H23NO2/c1-13-9-10-16(18(20-3)14(13)2)17(19)11-12-21-15-7-5-4-6-8-15/h4-10,17H,11-12,19H2,1-3H3. The highest BCUT2D eigenvalue weighted by Crippen LogP contribution is 2.31. The predicted molar refractivity (Wildman–Crippen MR) is 86.0 cm³/mol. The third-order valence-electron chi connectivity index (χ3n) is 3.75. The van der Waals surface area contributed by atoms with Crippen LogP contribution in [0.5, 0.6) is 11.5 Å². The van der Waals surface area contributed by atoms with Crippen LogP contribution in [0.3, 0.4) is 0 Å². The maximum atomic E-state index is 6.29. The second kappa shape index (κ2) is 7.14. The van der Waals surface area contributed by atoms with Gasteiger partial charge in [0.15, 0.2) is 0 Å². The Morgan fingerprint density at radius 1 is 1.05 bits per heavy atom. The Morgan fingerprint density at radius 2 is 1.76 bits per heavy atom. The number of benzene rings is 2. The van der Waals surface area contributed by atoms with Crippen LogP contribution in [-0.2, 0) is 0 Å². The van der Waals surface area contributed by atoms with Crippen LogP contribution in [0.4, 0.5) is 0 Å². The number of nitrogens with two attached hydrogens (primary N) is 1. The second-order valence-corrected chi connectivity index (χ2v) is 5.19. The zero-order chi connectivity index (χ0) is 15.2. The molecule has 112 valence electrons. The summed E-state index contributed by atoms with van der Waals surface area (Å²) in [5.41, 5.74) is 9.69. The van der Waals surface area contributed by atoms with Gasteiger partial charge in [-0.3, -0.25) is 0 Å². The highest BCUT2D eigenvalue weighted by atomic mass is 16.5. The molecule has 21 heavy (non-hydrogen) atoms. The SMILES string of the molecule is COc1c(C(N)CCOc2ccccc2)ccc(C)c1C. The number of hydrogen-bond acceptors (Lipinski definition) is 3. The lowest BCUT2D eigenvalue weighted by molar-refractivity contribution is 0.296. The Hall–Kier alpha value is -2.00. The molecule has 0 saturated carbocycles.